The fourth-order valence-corrected chi connectivity index (χ4v) is 3.49. The number of rotatable bonds is 2. The summed E-state index contributed by atoms with van der Waals surface area (Å²) in [6.07, 6.45) is 0. The Bertz CT molecular complexity index is 850. The van der Waals surface area contributed by atoms with Crippen molar-refractivity contribution >= 4 is 71.7 Å². The van der Waals surface area contributed by atoms with Gasteiger partial charge in [0, 0.05) is 9.50 Å². The van der Waals surface area contributed by atoms with Crippen LogP contribution in [-0.4, -0.2) is 10.9 Å². The van der Waals surface area contributed by atoms with Crippen LogP contribution in [0.4, 0.5) is 5.13 Å². The first-order valence-electron chi connectivity index (χ1n) is 5.85. The van der Waals surface area contributed by atoms with E-state index in [2.05, 4.69) is 26.2 Å². The van der Waals surface area contributed by atoms with Crippen molar-refractivity contribution in [1.82, 2.24) is 4.98 Å². The van der Waals surface area contributed by atoms with Gasteiger partial charge in [0.25, 0.3) is 5.91 Å². The molecule has 1 N–H and O–H groups in total. The molecular weight excluding hydrogens is 395 g/mol. The number of carbonyl (C=O) groups is 1. The molecule has 1 heterocycles. The Balaban J connectivity index is 1.90. The molecule has 3 nitrogen and oxygen atoms in total. The number of nitrogens with one attached hydrogen (secondary N) is 1. The number of fused-ring (bicyclic) bond motifs is 1. The van der Waals surface area contributed by atoms with E-state index in [-0.39, 0.29) is 5.91 Å². The van der Waals surface area contributed by atoms with Crippen LogP contribution in [0.15, 0.2) is 40.9 Å². The van der Waals surface area contributed by atoms with Crippen LogP contribution in [0.25, 0.3) is 10.2 Å². The standard InChI is InChI=1S/C14H7BrCl2N2OS/c15-7-1-3-10(17)9(5-7)13(20)19-14-18-11-4-2-8(16)6-12(11)21-14/h1-6H,(H,18,19,20). The van der Waals surface area contributed by atoms with Crippen molar-refractivity contribution in [3.05, 3.63) is 56.5 Å². The van der Waals surface area contributed by atoms with Gasteiger partial charge in [-0.3, -0.25) is 10.1 Å². The van der Waals surface area contributed by atoms with Crippen molar-refractivity contribution in [3.63, 3.8) is 0 Å². The number of nitrogens with zero attached hydrogens (tertiary/aromatic N) is 1. The van der Waals surface area contributed by atoms with Crippen molar-refractivity contribution in [2.75, 3.05) is 5.32 Å². The lowest BCUT2D eigenvalue weighted by atomic mass is 10.2. The highest BCUT2D eigenvalue weighted by Gasteiger charge is 2.13. The van der Waals surface area contributed by atoms with Gasteiger partial charge in [-0.25, -0.2) is 4.98 Å². The first-order valence-corrected chi connectivity index (χ1v) is 8.22. The third-order valence-corrected chi connectivity index (χ3v) is 4.74. The molecule has 0 spiro atoms. The average Bonchev–Trinajstić information content (AvgIpc) is 2.82. The van der Waals surface area contributed by atoms with E-state index in [0.717, 1.165) is 14.7 Å². The zero-order valence-electron chi connectivity index (χ0n) is 10.4. The van der Waals surface area contributed by atoms with Gasteiger partial charge in [0.05, 0.1) is 20.8 Å². The lowest BCUT2D eigenvalue weighted by Crippen LogP contribution is -2.12. The molecule has 0 atom stereocenters. The van der Waals surface area contributed by atoms with Gasteiger partial charge < -0.3 is 0 Å². The van der Waals surface area contributed by atoms with Crippen molar-refractivity contribution in [2.45, 2.75) is 0 Å². The number of halogens is 3. The smallest absolute Gasteiger partial charge is 0.258 e. The molecule has 1 aromatic heterocycles. The van der Waals surface area contributed by atoms with Crippen LogP contribution in [0, 0.1) is 0 Å². The lowest BCUT2D eigenvalue weighted by molar-refractivity contribution is 0.102. The Labute approximate surface area is 143 Å². The first-order chi connectivity index (χ1) is 10.0. The summed E-state index contributed by atoms with van der Waals surface area (Å²) < 4.78 is 1.70. The molecule has 2 aromatic carbocycles. The fraction of sp³-hybridized carbons (Fsp3) is 0. The van der Waals surface area contributed by atoms with Crippen LogP contribution in [-0.2, 0) is 0 Å². The number of anilines is 1. The number of aromatic nitrogens is 1. The van der Waals surface area contributed by atoms with Crippen molar-refractivity contribution in [3.8, 4) is 0 Å². The average molecular weight is 402 g/mol. The van der Waals surface area contributed by atoms with E-state index in [0.29, 0.717) is 20.7 Å². The Morgan fingerprint density at radius 1 is 1.19 bits per heavy atom. The number of thiazole rings is 1. The van der Waals surface area contributed by atoms with E-state index >= 15 is 0 Å². The molecule has 1 amide bonds. The van der Waals surface area contributed by atoms with Gasteiger partial charge in [-0.05, 0) is 36.4 Å². The van der Waals surface area contributed by atoms with E-state index in [1.165, 1.54) is 11.3 Å². The predicted octanol–water partition coefficient (Wildman–Crippen LogP) is 5.62. The van der Waals surface area contributed by atoms with Crippen LogP contribution >= 0.6 is 50.5 Å². The first kappa shape index (κ1) is 14.8. The lowest BCUT2D eigenvalue weighted by Gasteiger charge is -2.04. The molecule has 21 heavy (non-hydrogen) atoms. The van der Waals surface area contributed by atoms with E-state index in [1.807, 2.05) is 12.1 Å². The monoisotopic (exact) mass is 400 g/mol. The Hall–Kier alpha value is -1.14. The molecule has 0 saturated carbocycles. The number of hydrogen-bond acceptors (Lipinski definition) is 3. The number of amides is 1. The third-order valence-electron chi connectivity index (χ3n) is 2.74. The largest absolute Gasteiger partial charge is 0.298 e. The fourth-order valence-electron chi connectivity index (χ4n) is 1.79. The topological polar surface area (TPSA) is 42.0 Å². The van der Waals surface area contributed by atoms with Gasteiger partial charge in [-0.1, -0.05) is 50.5 Å². The highest BCUT2D eigenvalue weighted by Crippen LogP contribution is 2.29. The molecular formula is C14H7BrCl2N2OS. The predicted molar refractivity (Wildman–Crippen MR) is 91.7 cm³/mol. The summed E-state index contributed by atoms with van der Waals surface area (Å²) in [7, 11) is 0. The molecule has 0 radical (unpaired) electrons. The summed E-state index contributed by atoms with van der Waals surface area (Å²) in [4.78, 5) is 16.6. The molecule has 0 unspecified atom stereocenters. The third kappa shape index (κ3) is 3.21. The molecule has 0 aliphatic carbocycles. The van der Waals surface area contributed by atoms with Crippen LogP contribution in [0.3, 0.4) is 0 Å². The van der Waals surface area contributed by atoms with Gasteiger partial charge >= 0.3 is 0 Å². The van der Waals surface area contributed by atoms with E-state index in [1.54, 1.807) is 24.3 Å². The van der Waals surface area contributed by atoms with E-state index < -0.39 is 0 Å². The minimum Gasteiger partial charge on any atom is -0.298 e. The number of hydrogen-bond donors (Lipinski definition) is 1. The summed E-state index contributed by atoms with van der Waals surface area (Å²) in [6.45, 7) is 0. The molecule has 7 heteroatoms. The van der Waals surface area contributed by atoms with Crippen LogP contribution in [0.2, 0.25) is 10.0 Å². The summed E-state index contributed by atoms with van der Waals surface area (Å²) in [6, 6.07) is 10.5. The van der Waals surface area contributed by atoms with E-state index in [4.69, 9.17) is 23.2 Å². The van der Waals surface area contributed by atoms with Gasteiger partial charge in [0.15, 0.2) is 5.13 Å². The molecule has 3 rings (SSSR count). The molecule has 0 bridgehead atoms. The summed E-state index contributed by atoms with van der Waals surface area (Å²) in [5.41, 5.74) is 1.18. The maximum atomic E-state index is 12.3. The van der Waals surface area contributed by atoms with Gasteiger partial charge in [0.2, 0.25) is 0 Å². The zero-order valence-corrected chi connectivity index (χ0v) is 14.3. The quantitative estimate of drug-likeness (QED) is 0.605. The Morgan fingerprint density at radius 2 is 2.00 bits per heavy atom. The number of carbonyl (C=O) groups excluding carboxylic acids is 1. The molecule has 0 aliphatic heterocycles. The summed E-state index contributed by atoms with van der Waals surface area (Å²) >= 11 is 16.7. The second-order valence-electron chi connectivity index (χ2n) is 4.21. The minimum absolute atomic E-state index is 0.300. The molecule has 0 aliphatic rings. The van der Waals surface area contributed by atoms with Gasteiger partial charge in [-0.2, -0.15) is 0 Å². The Kier molecular flexibility index (Phi) is 4.17. The highest BCUT2D eigenvalue weighted by atomic mass is 79.9. The summed E-state index contributed by atoms with van der Waals surface area (Å²) in [5.74, 6) is -0.300. The van der Waals surface area contributed by atoms with E-state index in [9.17, 15) is 4.79 Å². The maximum absolute atomic E-state index is 12.3. The van der Waals surface area contributed by atoms with Crippen molar-refractivity contribution in [2.24, 2.45) is 0 Å². The SMILES string of the molecule is O=C(Nc1nc2ccc(Cl)cc2s1)c1cc(Br)ccc1Cl. The summed E-state index contributed by atoms with van der Waals surface area (Å²) in [5, 5.41) is 4.29. The molecule has 3 aromatic rings. The van der Waals surface area contributed by atoms with Gasteiger partial charge in [-0.15, -0.1) is 0 Å². The highest BCUT2D eigenvalue weighted by molar-refractivity contribution is 9.10. The second-order valence-corrected chi connectivity index (χ2v) is 7.00. The molecule has 106 valence electrons. The molecule has 0 fully saturated rings. The second kappa shape index (κ2) is 5.93. The maximum Gasteiger partial charge on any atom is 0.258 e. The number of benzene rings is 2. The Morgan fingerprint density at radius 3 is 2.81 bits per heavy atom. The van der Waals surface area contributed by atoms with Gasteiger partial charge in [0.1, 0.15) is 0 Å². The van der Waals surface area contributed by atoms with Crippen LogP contribution in [0.1, 0.15) is 10.4 Å². The minimum atomic E-state index is -0.300. The van der Waals surface area contributed by atoms with Crippen LogP contribution < -0.4 is 5.32 Å². The van der Waals surface area contributed by atoms with Crippen molar-refractivity contribution < 1.29 is 4.79 Å². The van der Waals surface area contributed by atoms with Crippen molar-refractivity contribution in [1.29, 1.82) is 0 Å². The normalized spacial score (nSPS) is 10.8. The van der Waals surface area contributed by atoms with Crippen LogP contribution in [0.5, 0.6) is 0 Å². The molecule has 0 saturated heterocycles. The zero-order chi connectivity index (χ0) is 15.0.